The lowest BCUT2D eigenvalue weighted by molar-refractivity contribution is -0.134. The first kappa shape index (κ1) is 21.4. The first-order chi connectivity index (χ1) is 14.8. The maximum Gasteiger partial charge on any atom is 0.311 e. The largest absolute Gasteiger partial charge is 0.427 e. The number of benzene rings is 1. The molecule has 164 valence electrons. The van der Waals surface area contributed by atoms with E-state index in [1.54, 1.807) is 0 Å². The Hall–Kier alpha value is -2.82. The first-order valence-electron chi connectivity index (χ1n) is 11.4. The maximum atomic E-state index is 12.2. The van der Waals surface area contributed by atoms with Crippen LogP contribution in [0, 0.1) is 12.8 Å². The second kappa shape index (κ2) is 8.74. The molecular weight excluding hydrogens is 386 g/mol. The Morgan fingerprint density at radius 1 is 1.16 bits per heavy atom. The highest BCUT2D eigenvalue weighted by Crippen LogP contribution is 2.32. The fourth-order valence-corrected chi connectivity index (χ4v) is 4.31. The highest BCUT2D eigenvalue weighted by molar-refractivity contribution is 5.78. The van der Waals surface area contributed by atoms with E-state index < -0.39 is 0 Å². The van der Waals surface area contributed by atoms with Crippen LogP contribution in [0.4, 0.5) is 5.82 Å². The molecule has 0 saturated heterocycles. The molecule has 0 atom stereocenters. The second-order valence-electron chi connectivity index (χ2n) is 9.80. The summed E-state index contributed by atoms with van der Waals surface area (Å²) in [5, 5.41) is 3.60. The van der Waals surface area contributed by atoms with Crippen LogP contribution in [0.5, 0.6) is 5.75 Å². The Morgan fingerprint density at radius 2 is 1.87 bits per heavy atom. The van der Waals surface area contributed by atoms with Crippen LogP contribution < -0.4 is 10.1 Å². The summed E-state index contributed by atoms with van der Waals surface area (Å²) in [6.07, 6.45) is 8.61. The molecule has 1 aromatic carbocycles. The van der Waals surface area contributed by atoms with Gasteiger partial charge in [-0.25, -0.2) is 4.98 Å². The molecule has 5 nitrogen and oxygen atoms in total. The van der Waals surface area contributed by atoms with E-state index in [9.17, 15) is 4.79 Å². The van der Waals surface area contributed by atoms with E-state index in [2.05, 4.69) is 55.7 Å². The number of aromatic nitrogens is 2. The van der Waals surface area contributed by atoms with E-state index in [0.29, 0.717) is 18.1 Å². The van der Waals surface area contributed by atoms with Gasteiger partial charge in [-0.15, -0.1) is 0 Å². The number of nitrogens with zero attached hydrogens (tertiary/aromatic N) is 2. The van der Waals surface area contributed by atoms with Gasteiger partial charge in [0.1, 0.15) is 22.9 Å². The predicted molar refractivity (Wildman–Crippen MR) is 126 cm³/mol. The smallest absolute Gasteiger partial charge is 0.311 e. The van der Waals surface area contributed by atoms with Crippen molar-refractivity contribution >= 4 is 17.4 Å². The monoisotopic (exact) mass is 419 g/mol. The molecule has 1 aliphatic carbocycles. The summed E-state index contributed by atoms with van der Waals surface area (Å²) < 4.78 is 7.66. The molecule has 1 fully saturated rings. The quantitative estimate of drug-likeness (QED) is 0.371. The molecule has 1 saturated carbocycles. The van der Waals surface area contributed by atoms with Crippen molar-refractivity contribution in [1.29, 1.82) is 0 Å². The van der Waals surface area contributed by atoms with Gasteiger partial charge < -0.3 is 10.1 Å². The number of pyridine rings is 1. The van der Waals surface area contributed by atoms with Gasteiger partial charge in [0.05, 0.1) is 0 Å². The summed E-state index contributed by atoms with van der Waals surface area (Å²) >= 11 is 0. The number of imidazole rings is 1. The van der Waals surface area contributed by atoms with Crippen LogP contribution in [0.1, 0.15) is 64.9 Å². The van der Waals surface area contributed by atoms with E-state index in [4.69, 9.17) is 9.72 Å². The summed E-state index contributed by atoms with van der Waals surface area (Å²) in [6.45, 7) is 8.48. The van der Waals surface area contributed by atoms with E-state index in [0.717, 1.165) is 29.1 Å². The van der Waals surface area contributed by atoms with Gasteiger partial charge in [-0.1, -0.05) is 25.7 Å². The van der Waals surface area contributed by atoms with Gasteiger partial charge in [-0.2, -0.15) is 0 Å². The lowest BCUT2D eigenvalue weighted by Gasteiger charge is -2.22. The van der Waals surface area contributed by atoms with Crippen molar-refractivity contribution in [2.24, 2.45) is 5.92 Å². The SMILES string of the molecule is Cc1ccn2c(NC(C)(C)C)c(-c3ccc(OC(=O)CCC4CCCC4)cc3)nc2c1. The third-order valence-corrected chi connectivity index (χ3v) is 5.87. The molecule has 0 spiro atoms. The van der Waals surface area contributed by atoms with Gasteiger partial charge in [-0.3, -0.25) is 9.20 Å². The van der Waals surface area contributed by atoms with Crippen LogP contribution in [0.15, 0.2) is 42.6 Å². The molecule has 0 unspecified atom stereocenters. The van der Waals surface area contributed by atoms with E-state index in [-0.39, 0.29) is 11.5 Å². The molecule has 0 radical (unpaired) electrons. The van der Waals surface area contributed by atoms with Crippen molar-refractivity contribution in [1.82, 2.24) is 9.38 Å². The van der Waals surface area contributed by atoms with E-state index >= 15 is 0 Å². The standard InChI is InChI=1S/C26H33N3O2/c1-18-15-16-29-22(17-18)27-24(25(29)28-26(2,3)4)20-10-12-21(13-11-20)31-23(30)14-9-19-7-5-6-8-19/h10-13,15-17,19,28H,5-9,14H2,1-4H3. The number of carbonyl (C=O) groups is 1. The molecule has 2 heterocycles. The first-order valence-corrected chi connectivity index (χ1v) is 11.4. The van der Waals surface area contributed by atoms with Crippen LogP contribution in [0.25, 0.3) is 16.9 Å². The number of ether oxygens (including phenoxy) is 1. The number of aryl methyl sites for hydroxylation is 1. The normalized spacial score (nSPS) is 14.8. The Morgan fingerprint density at radius 3 is 2.55 bits per heavy atom. The Kier molecular flexibility index (Phi) is 6.03. The molecule has 5 heteroatoms. The van der Waals surface area contributed by atoms with Gasteiger partial charge in [0.25, 0.3) is 0 Å². The average Bonchev–Trinajstić information content (AvgIpc) is 3.34. The Bertz CT molecular complexity index is 1050. The van der Waals surface area contributed by atoms with Gasteiger partial charge in [0.2, 0.25) is 0 Å². The third kappa shape index (κ3) is 5.27. The van der Waals surface area contributed by atoms with Gasteiger partial charge in [0, 0.05) is 23.7 Å². The molecule has 3 aromatic rings. The van der Waals surface area contributed by atoms with Crippen molar-refractivity contribution in [2.45, 2.75) is 71.8 Å². The van der Waals surface area contributed by atoms with Crippen molar-refractivity contribution in [3.63, 3.8) is 0 Å². The zero-order chi connectivity index (χ0) is 22.0. The highest BCUT2D eigenvalue weighted by Gasteiger charge is 2.20. The average molecular weight is 420 g/mol. The molecule has 0 aliphatic heterocycles. The lowest BCUT2D eigenvalue weighted by Crippen LogP contribution is -2.27. The Balaban J connectivity index is 1.52. The van der Waals surface area contributed by atoms with Crippen LogP contribution in [-0.4, -0.2) is 20.9 Å². The number of carbonyl (C=O) groups excluding carboxylic acids is 1. The van der Waals surface area contributed by atoms with Crippen LogP contribution in [0.3, 0.4) is 0 Å². The van der Waals surface area contributed by atoms with Crippen LogP contribution in [-0.2, 0) is 4.79 Å². The number of hydrogen-bond acceptors (Lipinski definition) is 4. The third-order valence-electron chi connectivity index (χ3n) is 5.87. The number of fused-ring (bicyclic) bond motifs is 1. The fourth-order valence-electron chi connectivity index (χ4n) is 4.31. The molecule has 1 N–H and O–H groups in total. The van der Waals surface area contributed by atoms with Crippen LogP contribution in [0.2, 0.25) is 0 Å². The zero-order valence-corrected chi connectivity index (χ0v) is 19.1. The molecule has 31 heavy (non-hydrogen) atoms. The molecule has 0 amide bonds. The highest BCUT2D eigenvalue weighted by atomic mass is 16.5. The summed E-state index contributed by atoms with van der Waals surface area (Å²) in [6, 6.07) is 11.8. The van der Waals surface area contributed by atoms with Crippen LogP contribution >= 0.6 is 0 Å². The molecule has 2 aromatic heterocycles. The minimum atomic E-state index is -0.141. The number of nitrogens with one attached hydrogen (secondary N) is 1. The van der Waals surface area contributed by atoms with Crippen molar-refractivity contribution in [3.8, 4) is 17.0 Å². The summed E-state index contributed by atoms with van der Waals surface area (Å²) in [5.74, 6) is 2.11. The van der Waals surface area contributed by atoms with Gasteiger partial charge in [0.15, 0.2) is 0 Å². The summed E-state index contributed by atoms with van der Waals surface area (Å²) in [5.41, 5.74) is 3.85. The maximum absolute atomic E-state index is 12.2. The van der Waals surface area contributed by atoms with Gasteiger partial charge >= 0.3 is 5.97 Å². The lowest BCUT2D eigenvalue weighted by atomic mass is 10.0. The molecule has 1 aliphatic rings. The topological polar surface area (TPSA) is 55.6 Å². The van der Waals surface area contributed by atoms with Crippen molar-refractivity contribution < 1.29 is 9.53 Å². The fraction of sp³-hybridized carbons (Fsp3) is 0.462. The molecule has 0 bridgehead atoms. The second-order valence-corrected chi connectivity index (χ2v) is 9.80. The van der Waals surface area contributed by atoms with E-state index in [1.807, 2.05) is 24.3 Å². The van der Waals surface area contributed by atoms with E-state index in [1.165, 1.54) is 31.2 Å². The summed E-state index contributed by atoms with van der Waals surface area (Å²) in [4.78, 5) is 17.1. The number of anilines is 1. The summed E-state index contributed by atoms with van der Waals surface area (Å²) in [7, 11) is 0. The van der Waals surface area contributed by atoms with Crippen molar-refractivity contribution in [2.75, 3.05) is 5.32 Å². The number of esters is 1. The molecular formula is C26H33N3O2. The molecule has 4 rings (SSSR count). The Labute approximate surface area is 184 Å². The minimum Gasteiger partial charge on any atom is -0.427 e. The van der Waals surface area contributed by atoms with Crippen molar-refractivity contribution in [3.05, 3.63) is 48.2 Å². The predicted octanol–water partition coefficient (Wildman–Crippen LogP) is 6.40. The minimum absolute atomic E-state index is 0.107. The van der Waals surface area contributed by atoms with Gasteiger partial charge in [-0.05, 0) is 82.0 Å². The number of hydrogen-bond donors (Lipinski definition) is 1. The number of rotatable bonds is 6. The zero-order valence-electron chi connectivity index (χ0n) is 19.1.